The van der Waals surface area contributed by atoms with Crippen LogP contribution < -0.4 is 25.3 Å². The largest absolute Gasteiger partial charge is 0.493 e. The Labute approximate surface area is 162 Å². The molecule has 3 N–H and O–H groups in total. The first-order valence-electron chi connectivity index (χ1n) is 8.31. The number of nitrogens with zero attached hydrogens (tertiary/aromatic N) is 2. The molecular weight excluding hydrogens is 368 g/mol. The van der Waals surface area contributed by atoms with Crippen molar-refractivity contribution in [2.45, 2.75) is 13.3 Å². The number of benzene rings is 1. The molecule has 1 aromatic heterocycles. The second-order valence-electron chi connectivity index (χ2n) is 5.49. The molecule has 0 unspecified atom stereocenters. The van der Waals surface area contributed by atoms with Gasteiger partial charge in [0.2, 0.25) is 11.7 Å². The van der Waals surface area contributed by atoms with Crippen molar-refractivity contribution in [3.8, 4) is 17.2 Å². The van der Waals surface area contributed by atoms with E-state index in [9.17, 15) is 9.59 Å². The van der Waals surface area contributed by atoms with Crippen LogP contribution in [0.5, 0.6) is 17.2 Å². The highest BCUT2D eigenvalue weighted by Crippen LogP contribution is 2.38. The Balaban J connectivity index is 2.21. The van der Waals surface area contributed by atoms with Gasteiger partial charge in [-0.25, -0.2) is 9.78 Å². The number of esters is 1. The van der Waals surface area contributed by atoms with E-state index in [0.717, 1.165) is 5.56 Å². The molecule has 1 heterocycles. The lowest BCUT2D eigenvalue weighted by Gasteiger charge is -2.14. The summed E-state index contributed by atoms with van der Waals surface area (Å²) in [6, 6.07) is 3.58. The fraction of sp³-hybridized carbons (Fsp3) is 0.333. The fourth-order valence-electron chi connectivity index (χ4n) is 2.42. The SMILES string of the molecule is CCOC(=O)C(=O)Nc1ncc(Cc2cc(OC)c(OC)c(OC)c2)c(N)n1. The number of hydrogen-bond acceptors (Lipinski definition) is 9. The van der Waals surface area contributed by atoms with Crippen molar-refractivity contribution < 1.29 is 28.5 Å². The number of methoxy groups -OCH3 is 3. The molecule has 0 fully saturated rings. The minimum atomic E-state index is -1.02. The molecule has 0 bridgehead atoms. The van der Waals surface area contributed by atoms with Crippen molar-refractivity contribution >= 4 is 23.6 Å². The lowest BCUT2D eigenvalue weighted by atomic mass is 10.1. The van der Waals surface area contributed by atoms with Crippen molar-refractivity contribution in [3.05, 3.63) is 29.5 Å². The highest BCUT2D eigenvalue weighted by Gasteiger charge is 2.18. The zero-order chi connectivity index (χ0) is 20.7. The summed E-state index contributed by atoms with van der Waals surface area (Å²) in [5.41, 5.74) is 7.41. The summed E-state index contributed by atoms with van der Waals surface area (Å²) in [4.78, 5) is 31.0. The average molecular weight is 390 g/mol. The van der Waals surface area contributed by atoms with Crippen LogP contribution >= 0.6 is 0 Å². The molecule has 10 heteroatoms. The highest BCUT2D eigenvalue weighted by atomic mass is 16.5. The van der Waals surface area contributed by atoms with Gasteiger partial charge in [0, 0.05) is 18.2 Å². The zero-order valence-electron chi connectivity index (χ0n) is 16.1. The zero-order valence-corrected chi connectivity index (χ0v) is 16.1. The Hall–Kier alpha value is -3.56. The molecule has 0 saturated heterocycles. The third-order valence-electron chi connectivity index (χ3n) is 3.70. The number of rotatable bonds is 7. The van der Waals surface area contributed by atoms with Crippen molar-refractivity contribution in [2.24, 2.45) is 0 Å². The molecule has 0 aliphatic rings. The molecule has 2 aromatic rings. The first-order valence-corrected chi connectivity index (χ1v) is 8.31. The molecule has 150 valence electrons. The van der Waals surface area contributed by atoms with Crippen molar-refractivity contribution in [2.75, 3.05) is 39.0 Å². The van der Waals surface area contributed by atoms with Gasteiger partial charge < -0.3 is 24.7 Å². The predicted molar refractivity (Wildman–Crippen MR) is 101 cm³/mol. The lowest BCUT2D eigenvalue weighted by molar-refractivity contribution is -0.152. The van der Waals surface area contributed by atoms with E-state index >= 15 is 0 Å². The molecule has 28 heavy (non-hydrogen) atoms. The van der Waals surface area contributed by atoms with Gasteiger partial charge in [0.05, 0.1) is 27.9 Å². The van der Waals surface area contributed by atoms with Crippen molar-refractivity contribution in [1.82, 2.24) is 9.97 Å². The smallest absolute Gasteiger partial charge is 0.397 e. The normalized spacial score (nSPS) is 10.1. The molecule has 2 rings (SSSR count). The Morgan fingerprint density at radius 3 is 2.25 bits per heavy atom. The van der Waals surface area contributed by atoms with Crippen LogP contribution in [0.4, 0.5) is 11.8 Å². The molecule has 10 nitrogen and oxygen atoms in total. The van der Waals surface area contributed by atoms with E-state index in [0.29, 0.717) is 29.2 Å². The summed E-state index contributed by atoms with van der Waals surface area (Å²) in [6.07, 6.45) is 1.85. The summed E-state index contributed by atoms with van der Waals surface area (Å²) in [7, 11) is 4.58. The maximum absolute atomic E-state index is 11.6. The number of aromatic nitrogens is 2. The third-order valence-corrected chi connectivity index (χ3v) is 3.70. The van der Waals surface area contributed by atoms with Gasteiger partial charge in [-0.15, -0.1) is 0 Å². The van der Waals surface area contributed by atoms with Gasteiger partial charge >= 0.3 is 11.9 Å². The Morgan fingerprint density at radius 1 is 1.11 bits per heavy atom. The van der Waals surface area contributed by atoms with Crippen LogP contribution in [-0.4, -0.2) is 49.8 Å². The van der Waals surface area contributed by atoms with E-state index in [1.54, 1.807) is 19.1 Å². The number of nitrogens with two attached hydrogens (primary N) is 1. The van der Waals surface area contributed by atoms with Gasteiger partial charge in [-0.3, -0.25) is 10.1 Å². The monoisotopic (exact) mass is 390 g/mol. The second kappa shape index (κ2) is 9.40. The fourth-order valence-corrected chi connectivity index (χ4v) is 2.42. The maximum atomic E-state index is 11.6. The predicted octanol–water partition coefficient (Wildman–Crippen LogP) is 1.18. The minimum Gasteiger partial charge on any atom is -0.493 e. The quantitative estimate of drug-likeness (QED) is 0.527. The van der Waals surface area contributed by atoms with E-state index in [2.05, 4.69) is 20.0 Å². The molecule has 1 aromatic carbocycles. The molecule has 1 amide bonds. The molecule has 0 radical (unpaired) electrons. The number of ether oxygens (including phenoxy) is 4. The first-order chi connectivity index (χ1) is 13.4. The topological polar surface area (TPSA) is 135 Å². The molecule has 0 atom stereocenters. The first kappa shape index (κ1) is 20.7. The van der Waals surface area contributed by atoms with Crippen LogP contribution in [0.2, 0.25) is 0 Å². The summed E-state index contributed by atoms with van der Waals surface area (Å²) < 4.78 is 20.6. The molecule has 0 saturated carbocycles. The second-order valence-corrected chi connectivity index (χ2v) is 5.49. The van der Waals surface area contributed by atoms with E-state index in [1.807, 2.05) is 0 Å². The molecule has 0 aliphatic heterocycles. The summed E-state index contributed by atoms with van der Waals surface area (Å²) >= 11 is 0. The van der Waals surface area contributed by atoms with Crippen LogP contribution in [0.1, 0.15) is 18.1 Å². The van der Waals surface area contributed by atoms with E-state index < -0.39 is 11.9 Å². The highest BCUT2D eigenvalue weighted by molar-refractivity contribution is 6.37. The summed E-state index contributed by atoms with van der Waals surface area (Å²) in [6.45, 7) is 1.68. The molecule has 0 spiro atoms. The molecular formula is C18H22N4O6. The maximum Gasteiger partial charge on any atom is 0.397 e. The number of nitrogens with one attached hydrogen (secondary N) is 1. The Morgan fingerprint density at radius 2 is 1.75 bits per heavy atom. The Kier molecular flexibility index (Phi) is 6.96. The van der Waals surface area contributed by atoms with E-state index in [4.69, 9.17) is 19.9 Å². The minimum absolute atomic E-state index is 0.0863. The Bertz CT molecular complexity index is 846. The standard InChI is InChI=1S/C18H22N4O6/c1-5-28-17(24)16(23)22-18-20-9-11(15(19)21-18)6-10-7-12(25-2)14(27-4)13(8-10)26-3/h7-9H,5-6H2,1-4H3,(H3,19,20,21,22,23). The number of nitrogen functional groups attached to an aromatic ring is 1. The van der Waals surface area contributed by atoms with Gasteiger partial charge in [-0.1, -0.05) is 0 Å². The number of anilines is 2. The van der Waals surface area contributed by atoms with Gasteiger partial charge in [0.1, 0.15) is 5.82 Å². The van der Waals surface area contributed by atoms with Crippen LogP contribution in [-0.2, 0) is 20.7 Å². The number of carbonyl (C=O) groups excluding carboxylic acids is 2. The number of hydrogen-bond donors (Lipinski definition) is 2. The lowest BCUT2D eigenvalue weighted by Crippen LogP contribution is -2.26. The van der Waals surface area contributed by atoms with Gasteiger partial charge in [-0.2, -0.15) is 4.98 Å². The molecule has 0 aliphatic carbocycles. The number of amides is 1. The average Bonchev–Trinajstić information content (AvgIpc) is 2.69. The van der Waals surface area contributed by atoms with Crippen LogP contribution in [0, 0.1) is 0 Å². The number of carbonyl (C=O) groups is 2. The van der Waals surface area contributed by atoms with Gasteiger partial charge in [0.15, 0.2) is 11.5 Å². The third kappa shape index (κ3) is 4.78. The van der Waals surface area contributed by atoms with Gasteiger partial charge in [0.25, 0.3) is 0 Å². The van der Waals surface area contributed by atoms with Crippen LogP contribution in [0.25, 0.3) is 0 Å². The van der Waals surface area contributed by atoms with Crippen LogP contribution in [0.3, 0.4) is 0 Å². The van der Waals surface area contributed by atoms with E-state index in [1.165, 1.54) is 27.5 Å². The van der Waals surface area contributed by atoms with Crippen molar-refractivity contribution in [1.29, 1.82) is 0 Å². The van der Waals surface area contributed by atoms with Crippen molar-refractivity contribution in [3.63, 3.8) is 0 Å². The summed E-state index contributed by atoms with van der Waals surface area (Å²) in [5.74, 6) is -0.434. The van der Waals surface area contributed by atoms with Gasteiger partial charge in [-0.05, 0) is 24.6 Å². The van der Waals surface area contributed by atoms with E-state index in [-0.39, 0.29) is 18.4 Å². The summed E-state index contributed by atoms with van der Waals surface area (Å²) in [5, 5.41) is 2.24. The van der Waals surface area contributed by atoms with Crippen LogP contribution in [0.15, 0.2) is 18.3 Å².